The van der Waals surface area contributed by atoms with Crippen LogP contribution in [0.4, 0.5) is 34.1 Å². The van der Waals surface area contributed by atoms with Crippen LogP contribution in [-0.2, 0) is 16.2 Å². The molecule has 0 aromatic heterocycles. The summed E-state index contributed by atoms with van der Waals surface area (Å²) in [5, 5.41) is 0. The minimum absolute atomic E-state index is 0.0341. The van der Waals surface area contributed by atoms with Crippen LogP contribution in [0, 0.1) is 0 Å². The molecule has 0 spiro atoms. The highest BCUT2D eigenvalue weighted by atomic mass is 15.2. The Bertz CT molecular complexity index is 3410. The Morgan fingerprint density at radius 1 is 0.280 bits per heavy atom. The molecule has 0 fully saturated rings. The van der Waals surface area contributed by atoms with E-state index in [1.54, 1.807) is 0 Å². The van der Waals surface area contributed by atoms with Crippen molar-refractivity contribution in [2.24, 2.45) is 0 Å². The Balaban J connectivity index is 1.24. The van der Waals surface area contributed by atoms with E-state index in [-0.39, 0.29) is 23.0 Å². The number of para-hydroxylation sites is 2. The van der Waals surface area contributed by atoms with Crippen molar-refractivity contribution >= 4 is 57.2 Å². The zero-order valence-electron chi connectivity index (χ0n) is 44.9. The molecule has 0 saturated carbocycles. The molecule has 0 amide bonds. The Labute approximate surface area is 446 Å². The molecule has 0 radical (unpaired) electrons. The number of rotatable bonds is 7. The van der Waals surface area contributed by atoms with Crippen LogP contribution in [0.25, 0.3) is 55.6 Å². The molecule has 10 aromatic carbocycles. The van der Waals surface area contributed by atoms with E-state index in [0.29, 0.717) is 0 Å². The fraction of sp³-hybridized carbons (Fsp3) is 0.167. The molecule has 3 heteroatoms. The number of benzene rings is 10. The van der Waals surface area contributed by atoms with Gasteiger partial charge in [0.05, 0.1) is 0 Å². The lowest BCUT2D eigenvalue weighted by Crippen LogP contribution is -2.61. The maximum absolute atomic E-state index is 2.60. The van der Waals surface area contributed by atoms with Crippen molar-refractivity contribution in [3.8, 4) is 55.6 Å². The van der Waals surface area contributed by atoms with Gasteiger partial charge in [-0.25, -0.2) is 0 Å². The first kappa shape index (κ1) is 47.8. The first-order valence-electron chi connectivity index (χ1n) is 26.8. The van der Waals surface area contributed by atoms with E-state index >= 15 is 0 Å². The molecule has 0 atom stereocenters. The van der Waals surface area contributed by atoms with Crippen LogP contribution in [0.2, 0.25) is 0 Å². The molecule has 12 rings (SSSR count). The predicted molar refractivity (Wildman–Crippen MR) is 324 cm³/mol. The maximum atomic E-state index is 2.60. The molecule has 2 nitrogen and oxygen atoms in total. The molecule has 0 saturated heterocycles. The molecule has 2 heterocycles. The van der Waals surface area contributed by atoms with Crippen molar-refractivity contribution in [2.75, 3.05) is 9.80 Å². The van der Waals surface area contributed by atoms with E-state index in [9.17, 15) is 0 Å². The van der Waals surface area contributed by atoms with Crippen LogP contribution >= 0.6 is 0 Å². The van der Waals surface area contributed by atoms with E-state index < -0.39 is 0 Å². The van der Waals surface area contributed by atoms with E-state index in [4.69, 9.17) is 0 Å². The van der Waals surface area contributed by atoms with Gasteiger partial charge in [0, 0.05) is 34.1 Å². The molecule has 0 aliphatic carbocycles. The van der Waals surface area contributed by atoms with Crippen LogP contribution in [0.5, 0.6) is 0 Å². The van der Waals surface area contributed by atoms with Gasteiger partial charge in [-0.15, -0.1) is 0 Å². The van der Waals surface area contributed by atoms with Crippen LogP contribution in [-0.4, -0.2) is 6.71 Å². The largest absolute Gasteiger partial charge is 0.311 e. The summed E-state index contributed by atoms with van der Waals surface area (Å²) in [5.41, 5.74) is 26.6. The third-order valence-corrected chi connectivity index (χ3v) is 15.6. The summed E-state index contributed by atoms with van der Waals surface area (Å²) >= 11 is 0. The van der Waals surface area contributed by atoms with Crippen molar-refractivity contribution in [1.82, 2.24) is 0 Å². The normalized spacial score (nSPS) is 13.1. The summed E-state index contributed by atoms with van der Waals surface area (Å²) in [6, 6.07) is 86.5. The van der Waals surface area contributed by atoms with Crippen molar-refractivity contribution in [2.45, 2.75) is 78.6 Å². The second-order valence-electron chi connectivity index (χ2n) is 23.8. The third-order valence-electron chi connectivity index (χ3n) is 15.6. The average molecular weight is 969 g/mol. The van der Waals surface area contributed by atoms with Crippen molar-refractivity contribution in [3.05, 3.63) is 247 Å². The Morgan fingerprint density at radius 3 is 0.920 bits per heavy atom. The lowest BCUT2D eigenvalue weighted by Gasteiger charge is -2.45. The lowest BCUT2D eigenvalue weighted by molar-refractivity contribution is 0.550. The first-order chi connectivity index (χ1) is 36.1. The first-order valence-corrected chi connectivity index (χ1v) is 26.8. The molecular weight excluding hydrogens is 904 g/mol. The average Bonchev–Trinajstić information content (AvgIpc) is 3.44. The molecule has 2 aliphatic rings. The van der Waals surface area contributed by atoms with Crippen molar-refractivity contribution < 1.29 is 0 Å². The molecule has 0 N–H and O–H groups in total. The van der Waals surface area contributed by atoms with Crippen LogP contribution in [0.1, 0.15) is 79.0 Å². The Hall–Kier alpha value is -8.14. The SMILES string of the molecule is CC(C)(C)c1cc(C(C)(C)C)c(-c2cc3c4c(c2)N(c2cc(-c5ccccc5)cc(-c5ccccc5)c2)c2ccccc2B4c2ccccc2N3c2cc(-c3ccccc3)cc(-c3ccccc3)c2)c(C(C)(C)C)c1. The van der Waals surface area contributed by atoms with Gasteiger partial charge in [0.2, 0.25) is 0 Å². The fourth-order valence-corrected chi connectivity index (χ4v) is 11.8. The van der Waals surface area contributed by atoms with E-state index in [2.05, 4.69) is 303 Å². The van der Waals surface area contributed by atoms with Crippen molar-refractivity contribution in [3.63, 3.8) is 0 Å². The van der Waals surface area contributed by atoms with Gasteiger partial charge in [-0.1, -0.05) is 232 Å². The summed E-state index contributed by atoms with van der Waals surface area (Å²) in [7, 11) is 0. The minimum atomic E-state index is -0.173. The van der Waals surface area contributed by atoms with E-state index in [1.165, 1.54) is 111 Å². The lowest BCUT2D eigenvalue weighted by atomic mass is 9.33. The van der Waals surface area contributed by atoms with Gasteiger partial charge in [-0.05, 0) is 166 Å². The van der Waals surface area contributed by atoms with Crippen LogP contribution < -0.4 is 26.2 Å². The smallest absolute Gasteiger partial charge is 0.252 e. The highest BCUT2D eigenvalue weighted by molar-refractivity contribution is 7.00. The van der Waals surface area contributed by atoms with Gasteiger partial charge in [0.1, 0.15) is 0 Å². The molecule has 75 heavy (non-hydrogen) atoms. The Morgan fingerprint density at radius 2 is 0.600 bits per heavy atom. The minimum Gasteiger partial charge on any atom is -0.311 e. The van der Waals surface area contributed by atoms with Gasteiger partial charge < -0.3 is 9.80 Å². The molecule has 0 unspecified atom stereocenters. The number of fused-ring (bicyclic) bond motifs is 4. The summed E-state index contributed by atoms with van der Waals surface area (Å²) in [5.74, 6) is 0. The third kappa shape index (κ3) is 8.69. The van der Waals surface area contributed by atoms with Crippen LogP contribution in [0.15, 0.2) is 231 Å². The van der Waals surface area contributed by atoms with Gasteiger partial charge in [-0.2, -0.15) is 0 Å². The topological polar surface area (TPSA) is 6.48 Å². The Kier molecular flexibility index (Phi) is 11.7. The highest BCUT2D eigenvalue weighted by Crippen LogP contribution is 2.51. The molecule has 2 aliphatic heterocycles. The van der Waals surface area contributed by atoms with Gasteiger partial charge in [0.25, 0.3) is 6.71 Å². The van der Waals surface area contributed by atoms with E-state index in [1.807, 2.05) is 0 Å². The van der Waals surface area contributed by atoms with Gasteiger partial charge in [0.15, 0.2) is 0 Å². The second-order valence-corrected chi connectivity index (χ2v) is 23.8. The summed E-state index contributed by atoms with van der Waals surface area (Å²) in [6.07, 6.45) is 0. The standard InChI is InChI=1S/C72H65BN2/c1-70(2,3)57-46-60(71(4,5)6)68(61(47-57)72(7,8)9)56-44-66-69-67(45-56)75(59-42-54(50-30-18-12-19-31-50)39-55(43-59)51-32-20-13-21-33-51)65-37-25-23-35-63(65)73(69)62-34-22-24-36-64(62)74(66)58-40-52(48-26-14-10-15-27-48)38-53(41-58)49-28-16-11-17-29-49/h10-47H,1-9H3. The van der Waals surface area contributed by atoms with Gasteiger partial charge >= 0.3 is 0 Å². The summed E-state index contributed by atoms with van der Waals surface area (Å²) < 4.78 is 0. The number of hydrogen-bond donors (Lipinski definition) is 0. The fourth-order valence-electron chi connectivity index (χ4n) is 11.8. The number of nitrogens with zero attached hydrogens (tertiary/aromatic N) is 2. The zero-order chi connectivity index (χ0) is 51.8. The maximum Gasteiger partial charge on any atom is 0.252 e. The predicted octanol–water partition coefficient (Wildman–Crippen LogP) is 18.0. The quantitative estimate of drug-likeness (QED) is 0.147. The van der Waals surface area contributed by atoms with Crippen molar-refractivity contribution in [1.29, 1.82) is 0 Å². The molecule has 0 bridgehead atoms. The van der Waals surface area contributed by atoms with Crippen LogP contribution in [0.3, 0.4) is 0 Å². The monoisotopic (exact) mass is 969 g/mol. The number of hydrogen-bond acceptors (Lipinski definition) is 2. The summed E-state index contributed by atoms with van der Waals surface area (Å²) in [6.45, 7) is 21.4. The zero-order valence-corrected chi connectivity index (χ0v) is 44.9. The van der Waals surface area contributed by atoms with E-state index in [0.717, 1.165) is 11.4 Å². The molecule has 10 aromatic rings. The van der Waals surface area contributed by atoms with Gasteiger partial charge in [-0.3, -0.25) is 0 Å². The molecular formula is C72H65BN2. The second kappa shape index (κ2) is 18.4. The highest BCUT2D eigenvalue weighted by Gasteiger charge is 2.44. The summed E-state index contributed by atoms with van der Waals surface area (Å²) in [4.78, 5) is 5.21. The number of anilines is 6. The molecule has 366 valence electrons.